The highest BCUT2D eigenvalue weighted by Gasteiger charge is 2.15. The lowest BCUT2D eigenvalue weighted by atomic mass is 10.00. The van der Waals surface area contributed by atoms with Gasteiger partial charge in [-0.2, -0.15) is 0 Å². The Labute approximate surface area is 173 Å². The highest BCUT2D eigenvalue weighted by molar-refractivity contribution is 6.22. The molecule has 3 aromatic carbocycles. The molecular weight excluding hydrogens is 356 g/mol. The quantitative estimate of drug-likeness (QED) is 0.201. The molecule has 2 nitrogen and oxygen atoms in total. The number of esters is 1. The number of benzene rings is 3. The first-order valence-corrected chi connectivity index (χ1v) is 10.3. The third-order valence-electron chi connectivity index (χ3n) is 5.13. The summed E-state index contributed by atoms with van der Waals surface area (Å²) in [6.07, 6.45) is 4.82. The van der Waals surface area contributed by atoms with Crippen molar-refractivity contribution in [2.45, 2.75) is 40.0 Å². The van der Waals surface area contributed by atoms with E-state index in [4.69, 9.17) is 4.74 Å². The van der Waals surface area contributed by atoms with Gasteiger partial charge in [0.1, 0.15) is 5.75 Å². The number of hydrogen-bond acceptors (Lipinski definition) is 2. The predicted octanol–water partition coefficient (Wildman–Crippen LogP) is 6.52. The molecule has 0 saturated carbocycles. The highest BCUT2D eigenvalue weighted by Crippen LogP contribution is 2.23. The van der Waals surface area contributed by atoms with Crippen LogP contribution in [0.2, 0.25) is 0 Å². The Morgan fingerprint density at radius 3 is 1.62 bits per heavy atom. The van der Waals surface area contributed by atoms with Gasteiger partial charge in [0, 0.05) is 0 Å². The Hall–Kier alpha value is -3.13. The molecule has 3 rings (SSSR count). The van der Waals surface area contributed by atoms with E-state index in [0.717, 1.165) is 30.4 Å². The van der Waals surface area contributed by atoms with E-state index < -0.39 is 0 Å². The van der Waals surface area contributed by atoms with Gasteiger partial charge in [-0.3, -0.25) is 0 Å². The van der Waals surface area contributed by atoms with E-state index in [-0.39, 0.29) is 5.97 Å². The largest absolute Gasteiger partial charge is 0.423 e. The molecule has 0 aliphatic rings. The zero-order chi connectivity index (χ0) is 20.6. The second kappa shape index (κ2) is 9.88. The summed E-state index contributed by atoms with van der Waals surface area (Å²) in [5, 5.41) is 0. The van der Waals surface area contributed by atoms with Crippen molar-refractivity contribution in [1.82, 2.24) is 0 Å². The monoisotopic (exact) mass is 384 g/mol. The van der Waals surface area contributed by atoms with Crippen molar-refractivity contribution in [2.75, 3.05) is 0 Å². The zero-order valence-corrected chi connectivity index (χ0v) is 17.4. The van der Waals surface area contributed by atoms with Crippen LogP contribution in [0.1, 0.15) is 48.6 Å². The van der Waals surface area contributed by atoms with Gasteiger partial charge in [-0.05, 0) is 65.3 Å². The molecule has 0 fully saturated rings. The predicted molar refractivity (Wildman–Crippen MR) is 121 cm³/mol. The highest BCUT2D eigenvalue weighted by atomic mass is 16.5. The van der Waals surface area contributed by atoms with Gasteiger partial charge < -0.3 is 4.74 Å². The van der Waals surface area contributed by atoms with Gasteiger partial charge >= 0.3 is 5.97 Å². The number of ether oxygens (including phenoxy) is 1. The first kappa shape index (κ1) is 20.6. The molecule has 0 saturated heterocycles. The third kappa shape index (κ3) is 5.45. The van der Waals surface area contributed by atoms with E-state index >= 15 is 0 Å². The van der Waals surface area contributed by atoms with Gasteiger partial charge in [-0.25, -0.2) is 4.79 Å². The van der Waals surface area contributed by atoms with Crippen LogP contribution in [0, 0.1) is 0 Å². The standard InChI is InChI=1S/C27H28O2/c1-4-20-7-9-23(10-8-20)19-26(24-15-11-21(5-2)12-16-24)27(28)29-25-17-13-22(6-3)14-18-25/h7-19H,4-6H2,1-3H3. The van der Waals surface area contributed by atoms with Gasteiger partial charge in [0.15, 0.2) is 0 Å². The SMILES string of the molecule is CCc1ccc(C=C(C(=O)Oc2ccc(CC)cc2)c2ccc(CC)cc2)cc1. The topological polar surface area (TPSA) is 26.3 Å². The normalized spacial score (nSPS) is 11.3. The Kier molecular flexibility index (Phi) is 7.02. The molecule has 0 N–H and O–H groups in total. The van der Waals surface area contributed by atoms with Crippen LogP contribution in [-0.2, 0) is 24.1 Å². The van der Waals surface area contributed by atoms with Crippen molar-refractivity contribution in [3.8, 4) is 5.75 Å². The number of carbonyl (C=O) groups is 1. The van der Waals surface area contributed by atoms with E-state index in [1.807, 2.05) is 54.6 Å². The van der Waals surface area contributed by atoms with Crippen molar-refractivity contribution in [2.24, 2.45) is 0 Å². The molecule has 3 aromatic rings. The average Bonchev–Trinajstić information content (AvgIpc) is 2.78. The fourth-order valence-electron chi connectivity index (χ4n) is 3.15. The maximum Gasteiger partial charge on any atom is 0.344 e. The Morgan fingerprint density at radius 1 is 0.690 bits per heavy atom. The number of hydrogen-bond donors (Lipinski definition) is 0. The summed E-state index contributed by atoms with van der Waals surface area (Å²) in [5.41, 5.74) is 6.12. The lowest BCUT2D eigenvalue weighted by Crippen LogP contribution is -2.10. The van der Waals surface area contributed by atoms with Crippen LogP contribution in [0.15, 0.2) is 72.8 Å². The smallest absolute Gasteiger partial charge is 0.344 e. The minimum absolute atomic E-state index is 0.349. The molecule has 0 atom stereocenters. The zero-order valence-electron chi connectivity index (χ0n) is 17.4. The number of carbonyl (C=O) groups excluding carboxylic acids is 1. The lowest BCUT2D eigenvalue weighted by molar-refractivity contribution is -0.127. The Morgan fingerprint density at radius 2 is 1.14 bits per heavy atom. The molecule has 0 amide bonds. The molecule has 0 spiro atoms. The summed E-state index contributed by atoms with van der Waals surface area (Å²) in [6, 6.07) is 24.1. The molecule has 0 radical (unpaired) electrons. The van der Waals surface area contributed by atoms with Crippen molar-refractivity contribution in [3.05, 3.63) is 101 Å². The van der Waals surface area contributed by atoms with Crippen LogP contribution < -0.4 is 4.74 Å². The minimum Gasteiger partial charge on any atom is -0.423 e. The van der Waals surface area contributed by atoms with Gasteiger partial charge in [-0.1, -0.05) is 81.4 Å². The van der Waals surface area contributed by atoms with Crippen LogP contribution in [0.3, 0.4) is 0 Å². The van der Waals surface area contributed by atoms with Crippen molar-refractivity contribution >= 4 is 17.6 Å². The molecule has 0 aliphatic heterocycles. The van der Waals surface area contributed by atoms with Gasteiger partial charge in [0.2, 0.25) is 0 Å². The fourth-order valence-corrected chi connectivity index (χ4v) is 3.15. The summed E-state index contributed by atoms with van der Waals surface area (Å²) < 4.78 is 5.70. The molecule has 0 bridgehead atoms. The van der Waals surface area contributed by atoms with E-state index in [1.165, 1.54) is 16.7 Å². The van der Waals surface area contributed by atoms with E-state index in [2.05, 4.69) is 45.0 Å². The van der Waals surface area contributed by atoms with Crippen molar-refractivity contribution < 1.29 is 9.53 Å². The van der Waals surface area contributed by atoms with Crippen LogP contribution >= 0.6 is 0 Å². The van der Waals surface area contributed by atoms with Gasteiger partial charge in [0.25, 0.3) is 0 Å². The second-order valence-electron chi connectivity index (χ2n) is 7.09. The van der Waals surface area contributed by atoms with Gasteiger partial charge in [-0.15, -0.1) is 0 Å². The molecule has 0 aliphatic carbocycles. The first-order chi connectivity index (χ1) is 14.1. The maximum atomic E-state index is 13.1. The minimum atomic E-state index is -0.349. The summed E-state index contributed by atoms with van der Waals surface area (Å²) in [5.74, 6) is 0.211. The summed E-state index contributed by atoms with van der Waals surface area (Å²) in [4.78, 5) is 13.1. The molecule has 148 valence electrons. The van der Waals surface area contributed by atoms with Crippen LogP contribution in [0.5, 0.6) is 5.75 Å². The van der Waals surface area contributed by atoms with E-state index in [9.17, 15) is 4.79 Å². The molecular formula is C27H28O2. The average molecular weight is 385 g/mol. The second-order valence-corrected chi connectivity index (χ2v) is 7.09. The maximum absolute atomic E-state index is 13.1. The lowest BCUT2D eigenvalue weighted by Gasteiger charge is -2.10. The molecule has 2 heteroatoms. The van der Waals surface area contributed by atoms with Crippen molar-refractivity contribution in [1.29, 1.82) is 0 Å². The van der Waals surface area contributed by atoms with Gasteiger partial charge in [0.05, 0.1) is 5.57 Å². The van der Waals surface area contributed by atoms with Crippen molar-refractivity contribution in [3.63, 3.8) is 0 Å². The Balaban J connectivity index is 1.93. The van der Waals surface area contributed by atoms with E-state index in [1.54, 1.807) is 0 Å². The van der Waals surface area contributed by atoms with Crippen LogP contribution in [0.4, 0.5) is 0 Å². The molecule has 0 aromatic heterocycles. The third-order valence-corrected chi connectivity index (χ3v) is 5.13. The Bertz CT molecular complexity index is 963. The number of aryl methyl sites for hydroxylation is 3. The number of rotatable bonds is 7. The molecule has 0 unspecified atom stereocenters. The van der Waals surface area contributed by atoms with E-state index in [0.29, 0.717) is 11.3 Å². The summed E-state index contributed by atoms with van der Waals surface area (Å²) in [7, 11) is 0. The van der Waals surface area contributed by atoms with Crippen LogP contribution in [-0.4, -0.2) is 5.97 Å². The summed E-state index contributed by atoms with van der Waals surface area (Å²) >= 11 is 0. The summed E-state index contributed by atoms with van der Waals surface area (Å²) in [6.45, 7) is 6.35. The van der Waals surface area contributed by atoms with Crippen LogP contribution in [0.25, 0.3) is 11.6 Å². The first-order valence-electron chi connectivity index (χ1n) is 10.3. The molecule has 0 heterocycles. The molecule has 29 heavy (non-hydrogen) atoms. The fraction of sp³-hybridized carbons (Fsp3) is 0.222.